The van der Waals surface area contributed by atoms with Gasteiger partial charge in [0.1, 0.15) is 5.75 Å². The lowest BCUT2D eigenvalue weighted by molar-refractivity contribution is -0.118. The van der Waals surface area contributed by atoms with Gasteiger partial charge >= 0.3 is 0 Å². The number of hydrogen-bond donors (Lipinski definition) is 1. The van der Waals surface area contributed by atoms with E-state index in [-0.39, 0.29) is 12.5 Å². The third-order valence-corrected chi connectivity index (χ3v) is 4.28. The summed E-state index contributed by atoms with van der Waals surface area (Å²) in [6.07, 6.45) is 0. The van der Waals surface area contributed by atoms with Gasteiger partial charge in [-0.05, 0) is 47.9 Å². The van der Waals surface area contributed by atoms with Crippen molar-refractivity contribution in [1.29, 1.82) is 0 Å². The fraction of sp³-hybridized carbons (Fsp3) is 0.0952. The summed E-state index contributed by atoms with van der Waals surface area (Å²) in [6.45, 7) is 1.80. The first-order chi connectivity index (χ1) is 12.1. The Labute approximate surface area is 152 Å². The molecule has 3 aromatic rings. The van der Waals surface area contributed by atoms with Crippen LogP contribution in [0.4, 0.5) is 5.69 Å². The molecular formula is C21H18ClNO2. The Balaban J connectivity index is 1.58. The zero-order valence-electron chi connectivity index (χ0n) is 13.8. The number of ether oxygens (including phenoxy) is 1. The Hall–Kier alpha value is -2.78. The fourth-order valence-electron chi connectivity index (χ4n) is 2.45. The van der Waals surface area contributed by atoms with Gasteiger partial charge in [-0.2, -0.15) is 0 Å². The van der Waals surface area contributed by atoms with Crippen molar-refractivity contribution in [3.05, 3.63) is 83.4 Å². The molecule has 0 aliphatic carbocycles. The number of halogens is 1. The lowest BCUT2D eigenvalue weighted by Crippen LogP contribution is -2.20. The third-order valence-electron chi connectivity index (χ3n) is 3.87. The molecule has 0 atom stereocenters. The number of carbonyl (C=O) groups is 1. The maximum Gasteiger partial charge on any atom is 0.262 e. The minimum Gasteiger partial charge on any atom is -0.484 e. The number of hydrogen-bond acceptors (Lipinski definition) is 2. The topological polar surface area (TPSA) is 38.3 Å². The van der Waals surface area contributed by atoms with E-state index in [9.17, 15) is 4.79 Å². The van der Waals surface area contributed by atoms with Crippen LogP contribution in [-0.4, -0.2) is 12.5 Å². The van der Waals surface area contributed by atoms with E-state index in [0.29, 0.717) is 16.5 Å². The van der Waals surface area contributed by atoms with Crippen LogP contribution in [0, 0.1) is 6.92 Å². The van der Waals surface area contributed by atoms with Crippen LogP contribution < -0.4 is 10.1 Å². The predicted octanol–water partition coefficient (Wildman–Crippen LogP) is 5.33. The molecular weight excluding hydrogens is 334 g/mol. The Kier molecular flexibility index (Phi) is 5.36. The second-order valence-electron chi connectivity index (χ2n) is 5.64. The van der Waals surface area contributed by atoms with Gasteiger partial charge in [0.15, 0.2) is 6.61 Å². The second-order valence-corrected chi connectivity index (χ2v) is 6.05. The van der Waals surface area contributed by atoms with Crippen LogP contribution in [0.25, 0.3) is 11.1 Å². The van der Waals surface area contributed by atoms with Crippen molar-refractivity contribution in [1.82, 2.24) is 0 Å². The number of amides is 1. The predicted molar refractivity (Wildman–Crippen MR) is 102 cm³/mol. The van der Waals surface area contributed by atoms with Gasteiger partial charge in [0.2, 0.25) is 0 Å². The van der Waals surface area contributed by atoms with E-state index in [4.69, 9.17) is 16.3 Å². The van der Waals surface area contributed by atoms with E-state index in [1.54, 1.807) is 12.1 Å². The van der Waals surface area contributed by atoms with Crippen LogP contribution >= 0.6 is 11.6 Å². The molecule has 25 heavy (non-hydrogen) atoms. The molecule has 3 nitrogen and oxygen atoms in total. The summed E-state index contributed by atoms with van der Waals surface area (Å²) in [5, 5.41) is 3.43. The van der Waals surface area contributed by atoms with Crippen molar-refractivity contribution in [2.24, 2.45) is 0 Å². The molecule has 0 bridgehead atoms. The minimum atomic E-state index is -0.225. The van der Waals surface area contributed by atoms with Crippen LogP contribution in [0.5, 0.6) is 5.75 Å². The molecule has 0 radical (unpaired) electrons. The minimum absolute atomic E-state index is 0.0589. The molecule has 0 saturated carbocycles. The quantitative estimate of drug-likeness (QED) is 0.674. The highest BCUT2D eigenvalue weighted by molar-refractivity contribution is 6.31. The van der Waals surface area contributed by atoms with E-state index in [0.717, 1.165) is 16.7 Å². The number of carbonyl (C=O) groups excluding carboxylic acids is 1. The number of anilines is 1. The van der Waals surface area contributed by atoms with E-state index in [1.807, 2.05) is 55.5 Å². The number of benzene rings is 3. The Morgan fingerprint density at radius 1 is 0.920 bits per heavy atom. The van der Waals surface area contributed by atoms with E-state index < -0.39 is 0 Å². The largest absolute Gasteiger partial charge is 0.484 e. The van der Waals surface area contributed by atoms with Gasteiger partial charge < -0.3 is 10.1 Å². The molecule has 4 heteroatoms. The first-order valence-corrected chi connectivity index (χ1v) is 8.34. The molecule has 0 aliphatic rings. The van der Waals surface area contributed by atoms with Crippen molar-refractivity contribution in [3.63, 3.8) is 0 Å². The SMILES string of the molecule is Cc1c(Cl)cccc1NC(=O)COc1ccc(-c2ccccc2)cc1. The molecule has 0 spiro atoms. The summed E-state index contributed by atoms with van der Waals surface area (Å²) in [5.74, 6) is 0.426. The normalized spacial score (nSPS) is 10.3. The van der Waals surface area contributed by atoms with Crippen molar-refractivity contribution in [2.45, 2.75) is 6.92 Å². The van der Waals surface area contributed by atoms with Gasteiger partial charge in [0.25, 0.3) is 5.91 Å². The summed E-state index contributed by atoms with van der Waals surface area (Å²) < 4.78 is 5.56. The molecule has 3 rings (SSSR count). The summed E-state index contributed by atoms with van der Waals surface area (Å²) in [6, 6.07) is 23.2. The zero-order chi connectivity index (χ0) is 17.6. The van der Waals surface area contributed by atoms with Crippen LogP contribution in [0.3, 0.4) is 0 Å². The van der Waals surface area contributed by atoms with Gasteiger partial charge in [0, 0.05) is 10.7 Å². The average Bonchev–Trinajstić information content (AvgIpc) is 2.65. The average molecular weight is 352 g/mol. The molecule has 0 fully saturated rings. The second kappa shape index (κ2) is 7.86. The van der Waals surface area contributed by atoms with Crippen LogP contribution in [0.1, 0.15) is 5.56 Å². The fourth-order valence-corrected chi connectivity index (χ4v) is 2.63. The Morgan fingerprint density at radius 2 is 1.60 bits per heavy atom. The molecule has 0 heterocycles. The Morgan fingerprint density at radius 3 is 2.32 bits per heavy atom. The molecule has 0 unspecified atom stereocenters. The van der Waals surface area contributed by atoms with Gasteiger partial charge in [-0.3, -0.25) is 4.79 Å². The Bertz CT molecular complexity index is 861. The maximum atomic E-state index is 12.1. The molecule has 126 valence electrons. The number of rotatable bonds is 5. The third kappa shape index (κ3) is 4.40. The van der Waals surface area contributed by atoms with E-state index in [1.165, 1.54) is 0 Å². The van der Waals surface area contributed by atoms with Crippen LogP contribution in [0.15, 0.2) is 72.8 Å². The molecule has 1 N–H and O–H groups in total. The van der Waals surface area contributed by atoms with Crippen LogP contribution in [-0.2, 0) is 4.79 Å². The first kappa shape index (κ1) is 17.1. The molecule has 3 aromatic carbocycles. The van der Waals surface area contributed by atoms with Gasteiger partial charge in [0.05, 0.1) is 0 Å². The summed E-state index contributed by atoms with van der Waals surface area (Å²) in [5.41, 5.74) is 3.78. The highest BCUT2D eigenvalue weighted by atomic mass is 35.5. The summed E-state index contributed by atoms with van der Waals surface area (Å²) >= 11 is 6.05. The highest BCUT2D eigenvalue weighted by Gasteiger charge is 2.07. The van der Waals surface area contributed by atoms with Crippen molar-refractivity contribution in [2.75, 3.05) is 11.9 Å². The van der Waals surface area contributed by atoms with Gasteiger partial charge in [-0.25, -0.2) is 0 Å². The van der Waals surface area contributed by atoms with Gasteiger partial charge in [-0.15, -0.1) is 0 Å². The molecule has 1 amide bonds. The molecule has 0 aliphatic heterocycles. The molecule has 0 saturated heterocycles. The zero-order valence-corrected chi connectivity index (χ0v) is 14.6. The smallest absolute Gasteiger partial charge is 0.262 e. The highest BCUT2D eigenvalue weighted by Crippen LogP contribution is 2.24. The van der Waals surface area contributed by atoms with Crippen LogP contribution in [0.2, 0.25) is 5.02 Å². The van der Waals surface area contributed by atoms with Crippen molar-refractivity contribution in [3.8, 4) is 16.9 Å². The lowest BCUT2D eigenvalue weighted by Gasteiger charge is -2.11. The van der Waals surface area contributed by atoms with Crippen molar-refractivity contribution < 1.29 is 9.53 Å². The van der Waals surface area contributed by atoms with Gasteiger partial charge in [-0.1, -0.05) is 60.1 Å². The summed E-state index contributed by atoms with van der Waals surface area (Å²) in [4.78, 5) is 12.1. The van der Waals surface area contributed by atoms with E-state index >= 15 is 0 Å². The number of nitrogens with one attached hydrogen (secondary N) is 1. The summed E-state index contributed by atoms with van der Waals surface area (Å²) in [7, 11) is 0. The lowest BCUT2D eigenvalue weighted by atomic mass is 10.1. The van der Waals surface area contributed by atoms with Crippen molar-refractivity contribution >= 4 is 23.2 Å². The maximum absolute atomic E-state index is 12.1. The molecule has 0 aromatic heterocycles. The standard InChI is InChI=1S/C21H18ClNO2/c1-15-19(22)8-5-9-20(15)23-21(24)14-25-18-12-10-17(11-13-18)16-6-3-2-4-7-16/h2-13H,14H2,1H3,(H,23,24). The first-order valence-electron chi connectivity index (χ1n) is 7.97. The monoisotopic (exact) mass is 351 g/mol. The van der Waals surface area contributed by atoms with E-state index in [2.05, 4.69) is 17.4 Å².